The largest absolute Gasteiger partial charge is 0.399 e. The fourth-order valence-electron chi connectivity index (χ4n) is 2.32. The van der Waals surface area contributed by atoms with Crippen molar-refractivity contribution in [2.75, 3.05) is 29.0 Å². The van der Waals surface area contributed by atoms with Crippen LogP contribution in [0.25, 0.3) is 0 Å². The number of nitrogens with two attached hydrogens (primary N) is 1. The van der Waals surface area contributed by atoms with E-state index in [-0.39, 0.29) is 5.91 Å². The van der Waals surface area contributed by atoms with Gasteiger partial charge in [-0.3, -0.25) is 4.79 Å². The van der Waals surface area contributed by atoms with Crippen LogP contribution < -0.4 is 16.0 Å². The molecule has 22 heavy (non-hydrogen) atoms. The second-order valence-electron chi connectivity index (χ2n) is 4.91. The van der Waals surface area contributed by atoms with E-state index >= 15 is 0 Å². The van der Waals surface area contributed by atoms with E-state index in [1.807, 2.05) is 30.3 Å². The highest BCUT2D eigenvalue weighted by Gasteiger charge is 2.13. The van der Waals surface area contributed by atoms with Gasteiger partial charge in [0.25, 0.3) is 5.91 Å². The van der Waals surface area contributed by atoms with E-state index < -0.39 is 0 Å². The number of carbonyl (C=O) groups excluding carboxylic acids is 1. The molecule has 0 fully saturated rings. The van der Waals surface area contributed by atoms with Gasteiger partial charge in [-0.2, -0.15) is 0 Å². The molecule has 2 aromatic carbocycles. The summed E-state index contributed by atoms with van der Waals surface area (Å²) in [6, 6.07) is 13.1. The summed E-state index contributed by atoms with van der Waals surface area (Å²) < 4.78 is 1.03. The molecule has 0 bridgehead atoms. The monoisotopic (exact) mass is 409 g/mol. The first-order valence-electron chi connectivity index (χ1n) is 7.26. The molecule has 0 radical (unpaired) electrons. The van der Waals surface area contributed by atoms with Gasteiger partial charge in [0.1, 0.15) is 0 Å². The molecule has 0 heterocycles. The van der Waals surface area contributed by atoms with E-state index in [1.165, 1.54) is 0 Å². The lowest BCUT2D eigenvalue weighted by Crippen LogP contribution is -2.24. The minimum atomic E-state index is -0.127. The minimum absolute atomic E-state index is 0.127. The number of nitrogens with zero attached hydrogens (tertiary/aromatic N) is 1. The summed E-state index contributed by atoms with van der Waals surface area (Å²) in [5.41, 5.74) is 8.88. The molecular formula is C17H20IN3O. The normalized spacial score (nSPS) is 10.3. The minimum Gasteiger partial charge on any atom is -0.399 e. The third-order valence-electron chi connectivity index (χ3n) is 3.46. The molecule has 3 N–H and O–H groups in total. The fourth-order valence-corrected chi connectivity index (χ4v) is 2.86. The van der Waals surface area contributed by atoms with Crippen molar-refractivity contribution in [1.82, 2.24) is 0 Å². The van der Waals surface area contributed by atoms with Crippen molar-refractivity contribution in [3.05, 3.63) is 51.6 Å². The van der Waals surface area contributed by atoms with E-state index in [2.05, 4.69) is 46.7 Å². The lowest BCUT2D eigenvalue weighted by molar-refractivity contribution is 0.102. The van der Waals surface area contributed by atoms with Crippen LogP contribution in [-0.4, -0.2) is 19.0 Å². The Morgan fingerprint density at radius 1 is 1.18 bits per heavy atom. The summed E-state index contributed by atoms with van der Waals surface area (Å²) in [6.45, 7) is 5.91. The van der Waals surface area contributed by atoms with Crippen LogP contribution in [0.1, 0.15) is 24.2 Å². The number of nitrogen functional groups attached to an aromatic ring is 1. The smallest absolute Gasteiger partial charge is 0.255 e. The van der Waals surface area contributed by atoms with Crippen LogP contribution in [0.4, 0.5) is 17.1 Å². The van der Waals surface area contributed by atoms with Gasteiger partial charge in [0.2, 0.25) is 0 Å². The molecule has 0 aliphatic rings. The standard InChI is InChI=1S/C17H20IN3O/c1-3-21(4-2)16-9-8-14(19)11-15(16)20-17(22)12-6-5-7-13(18)10-12/h5-11H,3-4,19H2,1-2H3,(H,20,22). The molecule has 0 atom stereocenters. The number of hydrogen-bond acceptors (Lipinski definition) is 3. The van der Waals surface area contributed by atoms with Crippen molar-refractivity contribution >= 4 is 45.6 Å². The van der Waals surface area contributed by atoms with Gasteiger partial charge in [-0.15, -0.1) is 0 Å². The van der Waals surface area contributed by atoms with Crippen molar-refractivity contribution in [2.24, 2.45) is 0 Å². The molecule has 2 rings (SSSR count). The molecule has 0 spiro atoms. The number of amides is 1. The van der Waals surface area contributed by atoms with Gasteiger partial charge >= 0.3 is 0 Å². The summed E-state index contributed by atoms with van der Waals surface area (Å²) in [6.07, 6.45) is 0. The topological polar surface area (TPSA) is 58.4 Å². The van der Waals surface area contributed by atoms with E-state index in [0.29, 0.717) is 11.3 Å². The Labute approximate surface area is 144 Å². The molecule has 0 unspecified atom stereocenters. The molecule has 2 aromatic rings. The lowest BCUT2D eigenvalue weighted by atomic mass is 10.1. The maximum Gasteiger partial charge on any atom is 0.255 e. The molecule has 116 valence electrons. The molecule has 5 heteroatoms. The Balaban J connectivity index is 2.32. The number of benzene rings is 2. The van der Waals surface area contributed by atoms with Gasteiger partial charge in [-0.25, -0.2) is 0 Å². The molecule has 1 amide bonds. The highest BCUT2D eigenvalue weighted by Crippen LogP contribution is 2.28. The SMILES string of the molecule is CCN(CC)c1ccc(N)cc1NC(=O)c1cccc(I)c1. The average molecular weight is 409 g/mol. The summed E-state index contributed by atoms with van der Waals surface area (Å²) in [4.78, 5) is 14.6. The molecular weight excluding hydrogens is 389 g/mol. The van der Waals surface area contributed by atoms with Crippen molar-refractivity contribution < 1.29 is 4.79 Å². The lowest BCUT2D eigenvalue weighted by Gasteiger charge is -2.24. The van der Waals surface area contributed by atoms with Crippen LogP contribution in [0.15, 0.2) is 42.5 Å². The zero-order valence-corrected chi connectivity index (χ0v) is 14.9. The van der Waals surface area contributed by atoms with Gasteiger partial charge in [-0.05, 0) is 72.8 Å². The number of carbonyl (C=O) groups is 1. The molecule has 0 saturated carbocycles. The van der Waals surface area contributed by atoms with Crippen LogP contribution in [0.5, 0.6) is 0 Å². The third kappa shape index (κ3) is 3.91. The van der Waals surface area contributed by atoms with Crippen LogP contribution in [-0.2, 0) is 0 Å². The predicted octanol–water partition coefficient (Wildman–Crippen LogP) is 3.97. The van der Waals surface area contributed by atoms with Crippen LogP contribution in [0.2, 0.25) is 0 Å². The summed E-state index contributed by atoms with van der Waals surface area (Å²) in [7, 11) is 0. The van der Waals surface area contributed by atoms with E-state index in [9.17, 15) is 4.79 Å². The summed E-state index contributed by atoms with van der Waals surface area (Å²) in [5, 5.41) is 2.98. The molecule has 0 aromatic heterocycles. The van der Waals surface area contributed by atoms with Gasteiger partial charge in [-0.1, -0.05) is 6.07 Å². The van der Waals surface area contributed by atoms with Gasteiger partial charge in [0.05, 0.1) is 11.4 Å². The number of anilines is 3. The second-order valence-corrected chi connectivity index (χ2v) is 6.16. The molecule has 4 nitrogen and oxygen atoms in total. The fraction of sp³-hybridized carbons (Fsp3) is 0.235. The second kappa shape index (κ2) is 7.49. The number of hydrogen-bond donors (Lipinski definition) is 2. The molecule has 0 saturated heterocycles. The average Bonchev–Trinajstić information content (AvgIpc) is 2.50. The molecule has 0 aliphatic carbocycles. The van der Waals surface area contributed by atoms with Gasteiger partial charge < -0.3 is 16.0 Å². The van der Waals surface area contributed by atoms with E-state index in [1.54, 1.807) is 12.1 Å². The van der Waals surface area contributed by atoms with Crippen molar-refractivity contribution in [2.45, 2.75) is 13.8 Å². The Morgan fingerprint density at radius 3 is 2.55 bits per heavy atom. The number of rotatable bonds is 5. The Morgan fingerprint density at radius 2 is 1.91 bits per heavy atom. The molecule has 0 aliphatic heterocycles. The maximum absolute atomic E-state index is 12.5. The highest BCUT2D eigenvalue weighted by atomic mass is 127. The summed E-state index contributed by atoms with van der Waals surface area (Å²) >= 11 is 2.20. The van der Waals surface area contributed by atoms with Crippen LogP contribution in [0.3, 0.4) is 0 Å². The zero-order chi connectivity index (χ0) is 16.1. The van der Waals surface area contributed by atoms with E-state index in [4.69, 9.17) is 5.73 Å². The first-order valence-corrected chi connectivity index (χ1v) is 8.34. The van der Waals surface area contributed by atoms with Gasteiger partial charge in [0.15, 0.2) is 0 Å². The maximum atomic E-state index is 12.5. The van der Waals surface area contributed by atoms with E-state index in [0.717, 1.165) is 28.0 Å². The predicted molar refractivity (Wildman–Crippen MR) is 102 cm³/mol. The Kier molecular flexibility index (Phi) is 5.65. The van der Waals surface area contributed by atoms with Crippen molar-refractivity contribution in [3.8, 4) is 0 Å². The number of halogens is 1. The Bertz CT molecular complexity index is 669. The highest BCUT2D eigenvalue weighted by molar-refractivity contribution is 14.1. The quantitative estimate of drug-likeness (QED) is 0.581. The third-order valence-corrected chi connectivity index (χ3v) is 4.13. The Hall–Kier alpha value is -1.76. The zero-order valence-electron chi connectivity index (χ0n) is 12.8. The number of nitrogens with one attached hydrogen (secondary N) is 1. The first-order chi connectivity index (χ1) is 10.5. The van der Waals surface area contributed by atoms with Crippen LogP contribution >= 0.6 is 22.6 Å². The first kappa shape index (κ1) is 16.6. The van der Waals surface area contributed by atoms with Crippen molar-refractivity contribution in [1.29, 1.82) is 0 Å². The summed E-state index contributed by atoms with van der Waals surface area (Å²) in [5.74, 6) is -0.127. The van der Waals surface area contributed by atoms with Crippen LogP contribution in [0, 0.1) is 3.57 Å². The van der Waals surface area contributed by atoms with Crippen molar-refractivity contribution in [3.63, 3.8) is 0 Å². The van der Waals surface area contributed by atoms with Gasteiger partial charge in [0, 0.05) is 27.9 Å².